The lowest BCUT2D eigenvalue weighted by Crippen LogP contribution is -3.00. The molecule has 0 aliphatic rings. The normalized spacial score (nSPS) is 10.0. The number of methoxy groups -OCH3 is 1. The number of benzene rings is 2. The number of esters is 1. The number of aromatic nitrogens is 1. The van der Waals surface area contributed by atoms with Crippen LogP contribution in [0.4, 0.5) is 11.4 Å². The molecule has 0 fully saturated rings. The Kier molecular flexibility index (Phi) is 5.19. The molecule has 23 heavy (non-hydrogen) atoms. The van der Waals surface area contributed by atoms with E-state index in [-0.39, 0.29) is 18.4 Å². The first kappa shape index (κ1) is 16.8. The second-order valence-corrected chi connectivity index (χ2v) is 5.03. The van der Waals surface area contributed by atoms with Crippen LogP contribution >= 0.6 is 0 Å². The van der Waals surface area contributed by atoms with Crippen molar-refractivity contribution >= 4 is 28.2 Å². The summed E-state index contributed by atoms with van der Waals surface area (Å²) in [5, 5.41) is 4.40. The van der Waals surface area contributed by atoms with Crippen molar-refractivity contribution in [3.05, 3.63) is 65.9 Å². The molecule has 0 aliphatic heterocycles. The summed E-state index contributed by atoms with van der Waals surface area (Å²) >= 11 is 0. The number of aryl methyl sites for hydroxylation is 1. The van der Waals surface area contributed by atoms with E-state index in [2.05, 4.69) is 10.3 Å². The van der Waals surface area contributed by atoms with Gasteiger partial charge in [0.05, 0.1) is 18.2 Å². The smallest absolute Gasteiger partial charge is 0.337 e. The highest BCUT2D eigenvalue weighted by molar-refractivity contribution is 5.94. The SMILES string of the molecule is COC(=O)c1cccc(Nc2cc(C)nc3ccccc23)c1.[Cl-]. The number of fused-ring (bicyclic) bond motifs is 1. The first-order valence-corrected chi connectivity index (χ1v) is 6.99. The van der Waals surface area contributed by atoms with Crippen LogP contribution < -0.4 is 17.7 Å². The van der Waals surface area contributed by atoms with E-state index in [0.29, 0.717) is 5.56 Å². The molecule has 0 spiro atoms. The molecule has 1 N–H and O–H groups in total. The molecule has 3 aromatic rings. The van der Waals surface area contributed by atoms with E-state index >= 15 is 0 Å². The number of nitrogens with zero attached hydrogens (tertiary/aromatic N) is 1. The van der Waals surface area contributed by atoms with Crippen molar-refractivity contribution < 1.29 is 21.9 Å². The summed E-state index contributed by atoms with van der Waals surface area (Å²) in [5.74, 6) is -0.348. The molecule has 118 valence electrons. The van der Waals surface area contributed by atoms with Crippen LogP contribution in [-0.2, 0) is 4.74 Å². The number of hydrogen-bond donors (Lipinski definition) is 1. The number of carbonyl (C=O) groups excluding carboxylic acids is 1. The van der Waals surface area contributed by atoms with Gasteiger partial charge in [0, 0.05) is 22.5 Å². The summed E-state index contributed by atoms with van der Waals surface area (Å²) < 4.78 is 4.75. The van der Waals surface area contributed by atoms with Crippen LogP contribution in [0.3, 0.4) is 0 Å². The van der Waals surface area contributed by atoms with E-state index in [0.717, 1.165) is 28.0 Å². The van der Waals surface area contributed by atoms with Crippen LogP contribution in [0.1, 0.15) is 16.1 Å². The van der Waals surface area contributed by atoms with Gasteiger partial charge in [0.15, 0.2) is 0 Å². The first-order chi connectivity index (χ1) is 10.7. The van der Waals surface area contributed by atoms with Gasteiger partial charge >= 0.3 is 5.97 Å². The van der Waals surface area contributed by atoms with Gasteiger partial charge in [0.1, 0.15) is 0 Å². The largest absolute Gasteiger partial charge is 1.00 e. The Morgan fingerprint density at radius 1 is 1.09 bits per heavy atom. The highest BCUT2D eigenvalue weighted by Crippen LogP contribution is 2.26. The Balaban J connectivity index is 0.00000192. The number of halogens is 1. The topological polar surface area (TPSA) is 51.2 Å². The fourth-order valence-corrected chi connectivity index (χ4v) is 2.41. The Morgan fingerprint density at radius 3 is 2.65 bits per heavy atom. The fourth-order valence-electron chi connectivity index (χ4n) is 2.41. The molecule has 0 atom stereocenters. The lowest BCUT2D eigenvalue weighted by Gasteiger charge is -2.11. The monoisotopic (exact) mass is 327 g/mol. The average Bonchev–Trinajstić information content (AvgIpc) is 2.54. The molecule has 1 aromatic heterocycles. The van der Waals surface area contributed by atoms with E-state index in [1.807, 2.05) is 49.4 Å². The van der Waals surface area contributed by atoms with Crippen molar-refractivity contribution in [2.24, 2.45) is 0 Å². The first-order valence-electron chi connectivity index (χ1n) is 6.99. The number of para-hydroxylation sites is 1. The predicted molar refractivity (Wildman–Crippen MR) is 87.5 cm³/mol. The molecule has 4 nitrogen and oxygen atoms in total. The van der Waals surface area contributed by atoms with E-state index in [1.54, 1.807) is 12.1 Å². The number of rotatable bonds is 3. The number of pyridine rings is 1. The summed E-state index contributed by atoms with van der Waals surface area (Å²) in [5.41, 5.74) is 4.19. The molecule has 0 radical (unpaired) electrons. The van der Waals surface area contributed by atoms with Gasteiger partial charge in [0.25, 0.3) is 0 Å². The molecule has 2 aromatic carbocycles. The standard InChI is InChI=1S/C18H16N2O2.ClH/c1-12-10-17(15-8-3-4-9-16(15)19-12)20-14-7-5-6-13(11-14)18(21)22-2;/h3-11H,1-2H3,(H,19,20);1H/p-1. The Morgan fingerprint density at radius 2 is 1.87 bits per heavy atom. The van der Waals surface area contributed by atoms with Crippen molar-refractivity contribution in [1.29, 1.82) is 0 Å². The van der Waals surface area contributed by atoms with Gasteiger partial charge in [0.2, 0.25) is 0 Å². The molecule has 0 bridgehead atoms. The third-order valence-electron chi connectivity index (χ3n) is 3.41. The average molecular weight is 328 g/mol. The zero-order valence-electron chi connectivity index (χ0n) is 12.8. The van der Waals surface area contributed by atoms with Gasteiger partial charge in [-0.15, -0.1) is 0 Å². The van der Waals surface area contributed by atoms with Gasteiger partial charge in [-0.1, -0.05) is 24.3 Å². The van der Waals surface area contributed by atoms with Crippen molar-refractivity contribution in [2.45, 2.75) is 6.92 Å². The van der Waals surface area contributed by atoms with Crippen LogP contribution in [0.2, 0.25) is 0 Å². The van der Waals surface area contributed by atoms with E-state index < -0.39 is 0 Å². The molecule has 3 rings (SSSR count). The minimum Gasteiger partial charge on any atom is -1.00 e. The summed E-state index contributed by atoms with van der Waals surface area (Å²) in [7, 11) is 1.38. The maximum absolute atomic E-state index is 11.6. The van der Waals surface area contributed by atoms with E-state index in [1.165, 1.54) is 7.11 Å². The van der Waals surface area contributed by atoms with E-state index in [9.17, 15) is 4.79 Å². The van der Waals surface area contributed by atoms with Crippen LogP contribution in [0.5, 0.6) is 0 Å². The summed E-state index contributed by atoms with van der Waals surface area (Å²) in [6.45, 7) is 1.96. The second-order valence-electron chi connectivity index (χ2n) is 5.03. The Labute approximate surface area is 140 Å². The molecule has 0 saturated carbocycles. The maximum atomic E-state index is 11.6. The van der Waals surface area contributed by atoms with Crippen LogP contribution in [0.15, 0.2) is 54.6 Å². The Bertz CT molecular complexity index is 849. The molecular formula is C18H16ClN2O2-. The number of anilines is 2. The van der Waals surface area contributed by atoms with Crippen LogP contribution in [-0.4, -0.2) is 18.1 Å². The summed E-state index contributed by atoms with van der Waals surface area (Å²) in [4.78, 5) is 16.1. The van der Waals surface area contributed by atoms with Gasteiger partial charge < -0.3 is 22.5 Å². The highest BCUT2D eigenvalue weighted by Gasteiger charge is 2.07. The van der Waals surface area contributed by atoms with Gasteiger partial charge in [-0.3, -0.25) is 4.98 Å². The van der Waals surface area contributed by atoms with Gasteiger partial charge in [-0.2, -0.15) is 0 Å². The zero-order chi connectivity index (χ0) is 15.5. The number of carbonyl (C=O) groups is 1. The number of ether oxygens (including phenoxy) is 1. The lowest BCUT2D eigenvalue weighted by atomic mass is 10.1. The third kappa shape index (κ3) is 3.60. The number of hydrogen-bond acceptors (Lipinski definition) is 4. The van der Waals surface area contributed by atoms with Crippen molar-refractivity contribution in [3.63, 3.8) is 0 Å². The molecule has 0 saturated heterocycles. The molecule has 5 heteroatoms. The predicted octanol–water partition coefficient (Wildman–Crippen LogP) is 1.08. The minimum atomic E-state index is -0.348. The minimum absolute atomic E-state index is 0. The van der Waals surface area contributed by atoms with Crippen molar-refractivity contribution in [3.8, 4) is 0 Å². The van der Waals surface area contributed by atoms with Gasteiger partial charge in [-0.25, -0.2) is 4.79 Å². The molecular weight excluding hydrogens is 312 g/mol. The van der Waals surface area contributed by atoms with Crippen molar-refractivity contribution in [1.82, 2.24) is 4.98 Å². The second kappa shape index (κ2) is 7.11. The molecule has 0 aliphatic carbocycles. The quantitative estimate of drug-likeness (QED) is 0.731. The Hall–Kier alpha value is -2.59. The van der Waals surface area contributed by atoms with Crippen LogP contribution in [0.25, 0.3) is 10.9 Å². The number of nitrogens with one attached hydrogen (secondary N) is 1. The van der Waals surface area contributed by atoms with E-state index in [4.69, 9.17) is 4.74 Å². The summed E-state index contributed by atoms with van der Waals surface area (Å²) in [6.07, 6.45) is 0. The van der Waals surface area contributed by atoms with Crippen LogP contribution in [0, 0.1) is 6.92 Å². The van der Waals surface area contributed by atoms with Crippen molar-refractivity contribution in [2.75, 3.05) is 12.4 Å². The molecule has 0 amide bonds. The highest BCUT2D eigenvalue weighted by atomic mass is 35.5. The zero-order valence-corrected chi connectivity index (χ0v) is 13.6. The summed E-state index contributed by atoms with van der Waals surface area (Å²) in [6, 6.07) is 17.2. The third-order valence-corrected chi connectivity index (χ3v) is 3.41. The lowest BCUT2D eigenvalue weighted by molar-refractivity contribution is -0.0000190. The fraction of sp³-hybridized carbons (Fsp3) is 0.111. The maximum Gasteiger partial charge on any atom is 0.337 e. The van der Waals surface area contributed by atoms with Gasteiger partial charge in [-0.05, 0) is 37.3 Å². The molecule has 0 unspecified atom stereocenters. The molecule has 1 heterocycles.